The van der Waals surface area contributed by atoms with E-state index in [2.05, 4.69) is 35.3 Å². The fourth-order valence-corrected chi connectivity index (χ4v) is 8.52. The second-order valence-corrected chi connectivity index (χ2v) is 17.2. The third kappa shape index (κ3) is 10.3. The van der Waals surface area contributed by atoms with Crippen LogP contribution in [0.5, 0.6) is 23.0 Å². The van der Waals surface area contributed by atoms with Crippen LogP contribution in [-0.4, -0.2) is 52.4 Å². The average Bonchev–Trinajstić information content (AvgIpc) is 3.30. The Labute approximate surface area is 420 Å². The van der Waals surface area contributed by atoms with E-state index in [1.165, 1.54) is 74.5 Å². The van der Waals surface area contributed by atoms with Crippen molar-refractivity contribution < 1.29 is 50.5 Å². The summed E-state index contributed by atoms with van der Waals surface area (Å²) >= 11 is 25.4. The number of aryl methyl sites for hydroxylation is 3. The molecule has 0 fully saturated rings. The second-order valence-electron chi connectivity index (χ2n) is 15.7. The lowest BCUT2D eigenvalue weighted by molar-refractivity contribution is -0.274. The molecule has 0 radical (unpaired) electrons. The molecular weight excluding hydrogens is 1040 g/mol. The molecule has 2 amide bonds. The molecule has 8 rings (SSSR count). The first-order valence-electron chi connectivity index (χ1n) is 20.6. The maximum absolute atomic E-state index is 14.5. The van der Waals surface area contributed by atoms with Gasteiger partial charge in [0.1, 0.15) is 34.3 Å². The highest BCUT2D eigenvalue weighted by Crippen LogP contribution is 2.41. The number of aromatic hydroxyl groups is 1. The van der Waals surface area contributed by atoms with Crippen LogP contribution < -0.4 is 31.2 Å². The van der Waals surface area contributed by atoms with Crippen molar-refractivity contribution in [2.75, 3.05) is 10.6 Å². The van der Waals surface area contributed by atoms with E-state index in [1.54, 1.807) is 13.0 Å². The maximum atomic E-state index is 14.5. The zero-order valence-corrected chi connectivity index (χ0v) is 39.9. The summed E-state index contributed by atoms with van der Waals surface area (Å²) in [4.78, 5) is 72.4. The summed E-state index contributed by atoms with van der Waals surface area (Å²) in [5.74, 6) is -3.41. The van der Waals surface area contributed by atoms with E-state index in [9.17, 15) is 50.6 Å². The molecule has 0 spiro atoms. The number of fused-ring (bicyclic) bond motifs is 2. The molecule has 8 aromatic rings. The Kier molecular flexibility index (Phi) is 13.9. The van der Waals surface area contributed by atoms with Gasteiger partial charge in [-0.1, -0.05) is 76.7 Å². The Morgan fingerprint density at radius 3 is 1.88 bits per heavy atom. The number of nitrogens with one attached hydrogen (secondary N) is 2. The molecule has 0 bridgehead atoms. The molecule has 0 atom stereocenters. The first-order chi connectivity index (χ1) is 33.9. The molecule has 3 N–H and O–H groups in total. The summed E-state index contributed by atoms with van der Waals surface area (Å²) < 4.78 is 94.1. The van der Waals surface area contributed by atoms with Gasteiger partial charge in [-0.05, 0) is 74.9 Å². The fraction of sp³-hybridized carbons (Fsp3) is 0.149. The van der Waals surface area contributed by atoms with E-state index in [-0.39, 0.29) is 93.8 Å². The summed E-state index contributed by atoms with van der Waals surface area (Å²) in [5.41, 5.74) is -3.49. The molecular formula is C47H30Cl4F6N8O7. The fourth-order valence-electron chi connectivity index (χ4n) is 7.52. The molecule has 370 valence electrons. The van der Waals surface area contributed by atoms with Gasteiger partial charge in [-0.2, -0.15) is 13.2 Å². The van der Waals surface area contributed by atoms with Crippen molar-refractivity contribution >= 4 is 91.4 Å². The lowest BCUT2D eigenvalue weighted by atomic mass is 10.1. The molecule has 0 unspecified atom stereocenters. The van der Waals surface area contributed by atoms with Crippen molar-refractivity contribution in [1.29, 1.82) is 0 Å². The number of benzene rings is 4. The van der Waals surface area contributed by atoms with E-state index >= 15 is 0 Å². The minimum Gasteiger partial charge on any atom is -0.504 e. The number of pyridine rings is 2. The van der Waals surface area contributed by atoms with Gasteiger partial charge in [0.05, 0.1) is 55.8 Å². The zero-order valence-electron chi connectivity index (χ0n) is 36.9. The second kappa shape index (κ2) is 19.6. The summed E-state index contributed by atoms with van der Waals surface area (Å²) in [6.45, 7) is 3.46. The summed E-state index contributed by atoms with van der Waals surface area (Å²) in [5, 5.41) is 13.3. The predicted molar refractivity (Wildman–Crippen MR) is 255 cm³/mol. The molecule has 0 saturated carbocycles. The van der Waals surface area contributed by atoms with E-state index in [1.807, 2.05) is 0 Å². The van der Waals surface area contributed by atoms with Crippen molar-refractivity contribution in [3.8, 4) is 23.0 Å². The van der Waals surface area contributed by atoms with Crippen LogP contribution >= 0.6 is 46.4 Å². The zero-order chi connectivity index (χ0) is 52.1. The third-order valence-corrected chi connectivity index (χ3v) is 12.0. The van der Waals surface area contributed by atoms with Crippen LogP contribution in [0.4, 0.5) is 37.7 Å². The number of anilines is 2. The Morgan fingerprint density at radius 1 is 0.681 bits per heavy atom. The normalized spacial score (nSPS) is 11.8. The average molecular weight is 1070 g/mol. The molecule has 15 nitrogen and oxygen atoms in total. The van der Waals surface area contributed by atoms with Gasteiger partial charge < -0.3 is 25.2 Å². The van der Waals surface area contributed by atoms with Crippen LogP contribution in [0.1, 0.15) is 54.9 Å². The predicted octanol–water partition coefficient (Wildman–Crippen LogP) is 11.5. The van der Waals surface area contributed by atoms with Gasteiger partial charge in [0.15, 0.2) is 22.4 Å². The number of aromatic nitrogens is 6. The highest BCUT2D eigenvalue weighted by molar-refractivity contribution is 6.38. The van der Waals surface area contributed by atoms with E-state index in [0.29, 0.717) is 5.56 Å². The van der Waals surface area contributed by atoms with Gasteiger partial charge in [-0.15, -0.1) is 13.2 Å². The summed E-state index contributed by atoms with van der Waals surface area (Å²) in [7, 11) is 0. The maximum Gasteiger partial charge on any atom is 0.573 e. The first kappa shape index (κ1) is 50.9. The molecule has 72 heavy (non-hydrogen) atoms. The number of nitrogens with zero attached hydrogens (tertiary/aromatic N) is 6. The smallest absolute Gasteiger partial charge is 0.504 e. The molecule has 0 aliphatic heterocycles. The van der Waals surface area contributed by atoms with Gasteiger partial charge in [-0.25, -0.2) is 15.0 Å². The number of para-hydroxylation sites is 1. The van der Waals surface area contributed by atoms with Crippen LogP contribution in [0, 0.1) is 20.8 Å². The van der Waals surface area contributed by atoms with Crippen molar-refractivity contribution in [1.82, 2.24) is 29.1 Å². The van der Waals surface area contributed by atoms with Crippen LogP contribution in [0.2, 0.25) is 20.2 Å². The van der Waals surface area contributed by atoms with Crippen LogP contribution in [0.15, 0.2) is 94.6 Å². The van der Waals surface area contributed by atoms with Gasteiger partial charge in [-0.3, -0.25) is 33.3 Å². The van der Waals surface area contributed by atoms with E-state index < -0.39 is 70.9 Å². The van der Waals surface area contributed by atoms with Gasteiger partial charge in [0, 0.05) is 22.9 Å². The summed E-state index contributed by atoms with van der Waals surface area (Å²) in [6, 6.07) is 16.4. The molecule has 0 saturated heterocycles. The minimum atomic E-state index is -5.07. The van der Waals surface area contributed by atoms with Gasteiger partial charge >= 0.3 is 12.5 Å². The van der Waals surface area contributed by atoms with Crippen molar-refractivity contribution in [2.24, 2.45) is 0 Å². The van der Waals surface area contributed by atoms with Crippen molar-refractivity contribution in [3.05, 3.63) is 171 Å². The lowest BCUT2D eigenvalue weighted by Crippen LogP contribution is -2.27. The molecule has 0 aliphatic carbocycles. The summed E-state index contributed by atoms with van der Waals surface area (Å²) in [6.07, 6.45) is -8.90. The largest absolute Gasteiger partial charge is 0.573 e. The number of hydrogen-bond acceptors (Lipinski definition) is 11. The van der Waals surface area contributed by atoms with E-state index in [4.69, 9.17) is 51.1 Å². The number of amides is 2. The van der Waals surface area contributed by atoms with Crippen molar-refractivity contribution in [3.63, 3.8) is 0 Å². The Hall–Kier alpha value is -7.46. The molecule has 4 heterocycles. The Bertz CT molecular complexity index is 3640. The van der Waals surface area contributed by atoms with Crippen LogP contribution in [-0.2, 0) is 19.3 Å². The van der Waals surface area contributed by atoms with Crippen LogP contribution in [0.3, 0.4) is 0 Å². The topological polar surface area (TPSA) is 192 Å². The Morgan fingerprint density at radius 2 is 1.25 bits per heavy atom. The molecule has 25 heteroatoms. The van der Waals surface area contributed by atoms with Crippen molar-refractivity contribution in [2.45, 2.75) is 46.4 Å². The number of halogens is 10. The minimum absolute atomic E-state index is 0.0452. The number of alkyl halides is 6. The quantitative estimate of drug-likeness (QED) is 0.0824. The SMILES string of the molecule is Cc1ccc(NC(=O)c2cc(Cl)c(Oc3ccc(NC(=O)c4cc(Cl)c(O)c(Cl)n4)c4c(=O)n(Cc5ccccc5OC(F)(F)F)c(C)nc34)c(Cl)c2)c2c(=O)n(Cc3cccnc3C(F)(F)F)c(C)nc12. The third-order valence-electron chi connectivity index (χ3n) is 10.9. The lowest BCUT2D eigenvalue weighted by Gasteiger charge is -2.18. The number of ether oxygens (including phenoxy) is 2. The number of carbonyl (C=O) groups excluding carboxylic acids is 2. The molecule has 4 aromatic carbocycles. The van der Waals surface area contributed by atoms with Crippen LogP contribution in [0.25, 0.3) is 21.8 Å². The van der Waals surface area contributed by atoms with Gasteiger partial charge in [0.2, 0.25) is 0 Å². The number of rotatable bonds is 11. The first-order valence-corrected chi connectivity index (χ1v) is 22.2. The molecule has 4 aromatic heterocycles. The van der Waals surface area contributed by atoms with E-state index in [0.717, 1.165) is 27.5 Å². The number of hydrogen-bond donors (Lipinski definition) is 3. The standard InChI is InChI=1S/C47H30Cl4F6N8O7/c1-20-10-11-29(34-36(20)59-21(2)65(44(34)69)19-24-8-6-14-58-40(24)46(52,53)54)62-42(67)25-15-27(49)39(28(50)16-25)71-33-13-12-30(63-43(68)31-17-26(48)38(66)41(51)61-31)35-37(33)60-22(3)64(45(35)70)18-23-7-4-5-9-32(23)72-47(55,56)57/h4-17,66H,18-19H2,1-3H3,(H,62,67)(H,63,68). The van der Waals surface area contributed by atoms with Gasteiger partial charge in [0.25, 0.3) is 22.9 Å². The monoisotopic (exact) mass is 1070 g/mol. The number of carbonyl (C=O) groups is 2. The Balaban J connectivity index is 1.15. The highest BCUT2D eigenvalue weighted by Gasteiger charge is 2.36. The highest BCUT2D eigenvalue weighted by atomic mass is 35.5. The molecule has 0 aliphatic rings.